The maximum atomic E-state index is 11.6. The highest BCUT2D eigenvalue weighted by atomic mass is 16.5. The predicted molar refractivity (Wildman–Crippen MR) is 71.5 cm³/mol. The third-order valence-corrected chi connectivity index (χ3v) is 3.64. The van der Waals surface area contributed by atoms with Crippen molar-refractivity contribution in [2.24, 2.45) is 5.92 Å². The van der Waals surface area contributed by atoms with Crippen LogP contribution in [0.4, 0.5) is 0 Å². The Kier molecular flexibility index (Phi) is 7.28. The van der Waals surface area contributed by atoms with E-state index in [1.165, 1.54) is 26.4 Å². The van der Waals surface area contributed by atoms with Crippen LogP contribution >= 0.6 is 0 Å². The lowest BCUT2D eigenvalue weighted by Gasteiger charge is -2.30. The molecule has 0 heterocycles. The second-order valence-corrected chi connectivity index (χ2v) is 5.16. The average Bonchev–Trinajstić information content (AvgIpc) is 2.40. The van der Waals surface area contributed by atoms with Gasteiger partial charge in [-0.1, -0.05) is 26.7 Å². The number of ether oxygens (including phenoxy) is 2. The van der Waals surface area contributed by atoms with Crippen molar-refractivity contribution in [2.45, 2.75) is 58.1 Å². The van der Waals surface area contributed by atoms with Crippen molar-refractivity contribution in [3.8, 4) is 0 Å². The molecular formula is C14H27NO3. The van der Waals surface area contributed by atoms with Gasteiger partial charge in [-0.15, -0.1) is 0 Å². The number of hydrogen-bond donors (Lipinski definition) is 1. The van der Waals surface area contributed by atoms with Gasteiger partial charge in [0.05, 0.1) is 19.8 Å². The first-order valence-corrected chi connectivity index (χ1v) is 7.11. The SMILES string of the molecule is CCCNC(COC1CCCCC1C)C(=O)OC. The van der Waals surface area contributed by atoms with E-state index in [0.29, 0.717) is 18.6 Å². The zero-order chi connectivity index (χ0) is 13.4. The summed E-state index contributed by atoms with van der Waals surface area (Å²) in [6.07, 6.45) is 6.18. The summed E-state index contributed by atoms with van der Waals surface area (Å²) in [5, 5.41) is 3.17. The first-order valence-electron chi connectivity index (χ1n) is 7.11. The largest absolute Gasteiger partial charge is 0.468 e. The highest BCUT2D eigenvalue weighted by Gasteiger charge is 2.25. The van der Waals surface area contributed by atoms with Gasteiger partial charge in [0.2, 0.25) is 0 Å². The van der Waals surface area contributed by atoms with E-state index in [4.69, 9.17) is 9.47 Å². The highest BCUT2D eigenvalue weighted by Crippen LogP contribution is 2.26. The van der Waals surface area contributed by atoms with Crippen LogP contribution in [0.2, 0.25) is 0 Å². The molecule has 1 rings (SSSR count). The van der Waals surface area contributed by atoms with Crippen molar-refractivity contribution in [3.63, 3.8) is 0 Å². The molecule has 3 unspecified atom stereocenters. The quantitative estimate of drug-likeness (QED) is 0.710. The van der Waals surface area contributed by atoms with Crippen molar-refractivity contribution in [3.05, 3.63) is 0 Å². The fraction of sp³-hybridized carbons (Fsp3) is 0.929. The van der Waals surface area contributed by atoms with Crippen LogP contribution in [-0.4, -0.2) is 38.4 Å². The van der Waals surface area contributed by atoms with E-state index in [1.807, 2.05) is 0 Å². The van der Waals surface area contributed by atoms with Gasteiger partial charge in [-0.05, 0) is 31.7 Å². The number of esters is 1. The average molecular weight is 257 g/mol. The fourth-order valence-corrected chi connectivity index (χ4v) is 2.42. The monoisotopic (exact) mass is 257 g/mol. The standard InChI is InChI=1S/C14H27NO3/c1-4-9-15-12(14(16)17-3)10-18-13-8-6-5-7-11(13)2/h11-13,15H,4-10H2,1-3H3. The molecule has 0 aromatic heterocycles. The summed E-state index contributed by atoms with van der Waals surface area (Å²) in [6, 6.07) is -0.330. The number of nitrogens with one attached hydrogen (secondary N) is 1. The number of hydrogen-bond acceptors (Lipinski definition) is 4. The minimum absolute atomic E-state index is 0.230. The molecule has 0 aromatic rings. The Morgan fingerprint density at radius 1 is 1.39 bits per heavy atom. The molecule has 4 nitrogen and oxygen atoms in total. The predicted octanol–water partition coefficient (Wildman–Crippen LogP) is 2.12. The van der Waals surface area contributed by atoms with Gasteiger partial charge in [-0.25, -0.2) is 0 Å². The highest BCUT2D eigenvalue weighted by molar-refractivity contribution is 5.75. The van der Waals surface area contributed by atoms with Gasteiger partial charge in [-0.2, -0.15) is 0 Å². The zero-order valence-corrected chi connectivity index (χ0v) is 11.9. The minimum atomic E-state index is -0.330. The normalized spacial score (nSPS) is 25.7. The Labute approximate surface area is 110 Å². The molecule has 1 aliphatic rings. The van der Waals surface area contributed by atoms with Crippen LogP contribution in [-0.2, 0) is 14.3 Å². The molecule has 0 aliphatic heterocycles. The first-order chi connectivity index (χ1) is 8.69. The summed E-state index contributed by atoms with van der Waals surface area (Å²) < 4.78 is 10.7. The van der Waals surface area contributed by atoms with E-state index >= 15 is 0 Å². The number of carbonyl (C=O) groups excluding carboxylic acids is 1. The molecule has 0 radical (unpaired) electrons. The molecule has 0 amide bonds. The van der Waals surface area contributed by atoms with E-state index in [1.54, 1.807) is 0 Å². The summed E-state index contributed by atoms with van der Waals surface area (Å²) >= 11 is 0. The lowest BCUT2D eigenvalue weighted by molar-refractivity contribution is -0.146. The van der Waals surface area contributed by atoms with Crippen LogP contribution in [0.3, 0.4) is 0 Å². The maximum Gasteiger partial charge on any atom is 0.325 e. The molecule has 1 fully saturated rings. The van der Waals surface area contributed by atoms with Crippen LogP contribution in [0.15, 0.2) is 0 Å². The second kappa shape index (κ2) is 8.48. The molecule has 1 N–H and O–H groups in total. The van der Waals surface area contributed by atoms with E-state index in [0.717, 1.165) is 19.4 Å². The Balaban J connectivity index is 2.37. The lowest BCUT2D eigenvalue weighted by Crippen LogP contribution is -2.43. The van der Waals surface area contributed by atoms with E-state index in [-0.39, 0.29) is 12.0 Å². The Morgan fingerprint density at radius 3 is 2.72 bits per heavy atom. The van der Waals surface area contributed by atoms with E-state index in [2.05, 4.69) is 19.2 Å². The summed E-state index contributed by atoms with van der Waals surface area (Å²) in [5.74, 6) is 0.370. The molecule has 0 bridgehead atoms. The molecular weight excluding hydrogens is 230 g/mol. The lowest BCUT2D eigenvalue weighted by atomic mass is 9.88. The van der Waals surface area contributed by atoms with Crippen LogP contribution in [0, 0.1) is 5.92 Å². The number of methoxy groups -OCH3 is 1. The fourth-order valence-electron chi connectivity index (χ4n) is 2.42. The Morgan fingerprint density at radius 2 is 2.11 bits per heavy atom. The maximum absolute atomic E-state index is 11.6. The Hall–Kier alpha value is -0.610. The van der Waals surface area contributed by atoms with Crippen molar-refractivity contribution < 1.29 is 14.3 Å². The molecule has 4 heteroatoms. The molecule has 0 aromatic carbocycles. The van der Waals surface area contributed by atoms with Crippen molar-refractivity contribution in [2.75, 3.05) is 20.3 Å². The molecule has 3 atom stereocenters. The summed E-state index contributed by atoms with van der Waals surface area (Å²) in [5.41, 5.74) is 0. The van der Waals surface area contributed by atoms with Crippen molar-refractivity contribution in [1.29, 1.82) is 0 Å². The molecule has 106 valence electrons. The topological polar surface area (TPSA) is 47.6 Å². The van der Waals surface area contributed by atoms with Crippen molar-refractivity contribution >= 4 is 5.97 Å². The summed E-state index contributed by atoms with van der Waals surface area (Å²) in [4.78, 5) is 11.6. The van der Waals surface area contributed by atoms with Gasteiger partial charge in [0.25, 0.3) is 0 Å². The molecule has 0 spiro atoms. The second-order valence-electron chi connectivity index (χ2n) is 5.16. The number of rotatable bonds is 7. The zero-order valence-electron chi connectivity index (χ0n) is 11.9. The molecule has 1 aliphatic carbocycles. The van der Waals surface area contributed by atoms with Gasteiger partial charge < -0.3 is 14.8 Å². The van der Waals surface area contributed by atoms with Gasteiger partial charge >= 0.3 is 5.97 Å². The van der Waals surface area contributed by atoms with Gasteiger partial charge in [0, 0.05) is 0 Å². The minimum Gasteiger partial charge on any atom is -0.468 e. The van der Waals surface area contributed by atoms with Gasteiger partial charge in [-0.3, -0.25) is 4.79 Å². The number of carbonyl (C=O) groups is 1. The van der Waals surface area contributed by atoms with E-state index < -0.39 is 0 Å². The van der Waals surface area contributed by atoms with Crippen LogP contribution in [0.5, 0.6) is 0 Å². The third kappa shape index (κ3) is 4.94. The molecule has 1 saturated carbocycles. The van der Waals surface area contributed by atoms with Crippen molar-refractivity contribution in [1.82, 2.24) is 5.32 Å². The van der Waals surface area contributed by atoms with Crippen LogP contribution in [0.1, 0.15) is 46.0 Å². The molecule has 0 saturated heterocycles. The van der Waals surface area contributed by atoms with Gasteiger partial charge in [0.15, 0.2) is 0 Å². The summed E-state index contributed by atoms with van der Waals surface area (Å²) in [6.45, 7) is 5.53. The van der Waals surface area contributed by atoms with Crippen LogP contribution in [0.25, 0.3) is 0 Å². The first kappa shape index (κ1) is 15.4. The molecule has 18 heavy (non-hydrogen) atoms. The van der Waals surface area contributed by atoms with Gasteiger partial charge in [0.1, 0.15) is 6.04 Å². The van der Waals surface area contributed by atoms with E-state index in [9.17, 15) is 4.79 Å². The van der Waals surface area contributed by atoms with Crippen LogP contribution < -0.4 is 5.32 Å². The third-order valence-electron chi connectivity index (χ3n) is 3.64. The summed E-state index contributed by atoms with van der Waals surface area (Å²) in [7, 11) is 1.42. The Bertz CT molecular complexity index is 245. The smallest absolute Gasteiger partial charge is 0.325 e.